The number of ether oxygens (including phenoxy) is 1. The van der Waals surface area contributed by atoms with Crippen LogP contribution in [0.4, 0.5) is 0 Å². The molecule has 3 heteroatoms. The molecule has 0 aromatic heterocycles. The number of nitrogens with one attached hydrogen (secondary N) is 1. The van der Waals surface area contributed by atoms with E-state index in [-0.39, 0.29) is 6.04 Å². The summed E-state index contributed by atoms with van der Waals surface area (Å²) in [7, 11) is 1.72. The SMILES string of the molecule is CCNC(Cc1cc(Br)ccc1OC)c1cccc(C)c1. The van der Waals surface area contributed by atoms with Crippen LogP contribution < -0.4 is 10.1 Å². The van der Waals surface area contributed by atoms with E-state index in [1.807, 2.05) is 12.1 Å². The van der Waals surface area contributed by atoms with E-state index in [0.717, 1.165) is 23.2 Å². The van der Waals surface area contributed by atoms with Crippen LogP contribution in [-0.4, -0.2) is 13.7 Å². The number of hydrogen-bond donors (Lipinski definition) is 1. The lowest BCUT2D eigenvalue weighted by molar-refractivity contribution is 0.405. The Morgan fingerprint density at radius 3 is 2.67 bits per heavy atom. The Labute approximate surface area is 135 Å². The van der Waals surface area contributed by atoms with Gasteiger partial charge in [-0.2, -0.15) is 0 Å². The van der Waals surface area contributed by atoms with Crippen molar-refractivity contribution in [1.29, 1.82) is 0 Å². The third-order valence-electron chi connectivity index (χ3n) is 3.56. The molecule has 0 radical (unpaired) electrons. The summed E-state index contributed by atoms with van der Waals surface area (Å²) in [5.74, 6) is 0.939. The quantitative estimate of drug-likeness (QED) is 0.820. The molecule has 1 atom stereocenters. The maximum absolute atomic E-state index is 5.49. The maximum atomic E-state index is 5.49. The number of benzene rings is 2. The first-order valence-corrected chi connectivity index (χ1v) is 8.05. The van der Waals surface area contributed by atoms with Crippen LogP contribution >= 0.6 is 15.9 Å². The topological polar surface area (TPSA) is 21.3 Å². The minimum atomic E-state index is 0.290. The summed E-state index contributed by atoms with van der Waals surface area (Å²) < 4.78 is 6.57. The molecule has 1 N–H and O–H groups in total. The van der Waals surface area contributed by atoms with Gasteiger partial charge in [0, 0.05) is 10.5 Å². The highest BCUT2D eigenvalue weighted by molar-refractivity contribution is 9.10. The lowest BCUT2D eigenvalue weighted by Crippen LogP contribution is -2.23. The van der Waals surface area contributed by atoms with Crippen LogP contribution in [-0.2, 0) is 6.42 Å². The predicted molar refractivity (Wildman–Crippen MR) is 92.0 cm³/mol. The van der Waals surface area contributed by atoms with Gasteiger partial charge in [-0.05, 0) is 49.2 Å². The van der Waals surface area contributed by atoms with Gasteiger partial charge >= 0.3 is 0 Å². The molecule has 0 aliphatic carbocycles. The molecule has 0 aliphatic rings. The number of methoxy groups -OCH3 is 1. The molecule has 0 aliphatic heterocycles. The first-order valence-electron chi connectivity index (χ1n) is 7.26. The summed E-state index contributed by atoms with van der Waals surface area (Å²) in [5, 5.41) is 3.57. The molecule has 1 unspecified atom stereocenters. The van der Waals surface area contributed by atoms with Crippen molar-refractivity contribution in [1.82, 2.24) is 5.32 Å². The van der Waals surface area contributed by atoms with Crippen molar-refractivity contribution < 1.29 is 4.74 Å². The number of aryl methyl sites for hydroxylation is 1. The molecule has 21 heavy (non-hydrogen) atoms. The molecule has 0 fully saturated rings. The van der Waals surface area contributed by atoms with Crippen LogP contribution in [0.3, 0.4) is 0 Å². The lowest BCUT2D eigenvalue weighted by atomic mass is 9.97. The van der Waals surface area contributed by atoms with E-state index >= 15 is 0 Å². The largest absolute Gasteiger partial charge is 0.496 e. The summed E-state index contributed by atoms with van der Waals surface area (Å²) in [6.45, 7) is 5.21. The highest BCUT2D eigenvalue weighted by Crippen LogP contribution is 2.28. The Morgan fingerprint density at radius 2 is 2.00 bits per heavy atom. The minimum Gasteiger partial charge on any atom is -0.496 e. The van der Waals surface area contributed by atoms with E-state index in [1.54, 1.807) is 7.11 Å². The Hall–Kier alpha value is -1.32. The fraction of sp³-hybridized carbons (Fsp3) is 0.333. The van der Waals surface area contributed by atoms with Crippen LogP contribution in [0.25, 0.3) is 0 Å². The zero-order chi connectivity index (χ0) is 15.2. The molecule has 2 nitrogen and oxygen atoms in total. The summed E-state index contributed by atoms with van der Waals surface area (Å²) >= 11 is 3.55. The molecular weight excluding hydrogens is 326 g/mol. The highest BCUT2D eigenvalue weighted by atomic mass is 79.9. The van der Waals surface area contributed by atoms with Gasteiger partial charge in [0.05, 0.1) is 7.11 Å². The molecule has 0 bridgehead atoms. The van der Waals surface area contributed by atoms with Gasteiger partial charge in [0.15, 0.2) is 0 Å². The molecule has 0 amide bonds. The minimum absolute atomic E-state index is 0.290. The van der Waals surface area contributed by atoms with Crippen molar-refractivity contribution >= 4 is 15.9 Å². The van der Waals surface area contributed by atoms with Crippen molar-refractivity contribution in [3.8, 4) is 5.75 Å². The second-order valence-corrected chi connectivity index (χ2v) is 6.10. The average molecular weight is 348 g/mol. The van der Waals surface area contributed by atoms with Crippen LogP contribution in [0.15, 0.2) is 46.9 Å². The second-order valence-electron chi connectivity index (χ2n) is 5.18. The van der Waals surface area contributed by atoms with E-state index in [2.05, 4.69) is 65.4 Å². The van der Waals surface area contributed by atoms with Crippen molar-refractivity contribution in [2.45, 2.75) is 26.3 Å². The van der Waals surface area contributed by atoms with E-state index < -0.39 is 0 Å². The Balaban J connectivity index is 2.30. The lowest BCUT2D eigenvalue weighted by Gasteiger charge is -2.20. The van der Waals surface area contributed by atoms with Gasteiger partial charge < -0.3 is 10.1 Å². The highest BCUT2D eigenvalue weighted by Gasteiger charge is 2.14. The van der Waals surface area contributed by atoms with Gasteiger partial charge in [-0.25, -0.2) is 0 Å². The summed E-state index contributed by atoms with van der Waals surface area (Å²) in [6, 6.07) is 15.1. The third-order valence-corrected chi connectivity index (χ3v) is 4.05. The van der Waals surface area contributed by atoms with Gasteiger partial charge in [0.2, 0.25) is 0 Å². The fourth-order valence-corrected chi connectivity index (χ4v) is 2.98. The summed E-state index contributed by atoms with van der Waals surface area (Å²) in [4.78, 5) is 0. The molecular formula is C18H22BrNO. The van der Waals surface area contributed by atoms with Gasteiger partial charge in [-0.3, -0.25) is 0 Å². The van der Waals surface area contributed by atoms with E-state index in [1.165, 1.54) is 16.7 Å². The van der Waals surface area contributed by atoms with Gasteiger partial charge in [-0.15, -0.1) is 0 Å². The first-order chi connectivity index (χ1) is 10.1. The average Bonchev–Trinajstić information content (AvgIpc) is 2.47. The molecule has 2 rings (SSSR count). The zero-order valence-corrected chi connectivity index (χ0v) is 14.4. The standard InChI is InChI=1S/C18H22BrNO/c1-4-20-17(14-7-5-6-13(2)10-14)12-15-11-16(19)8-9-18(15)21-3/h5-11,17,20H,4,12H2,1-3H3. The molecule has 2 aromatic rings. The molecule has 0 saturated carbocycles. The maximum Gasteiger partial charge on any atom is 0.122 e. The Morgan fingerprint density at radius 1 is 1.19 bits per heavy atom. The second kappa shape index (κ2) is 7.62. The van der Waals surface area contributed by atoms with E-state index in [9.17, 15) is 0 Å². The summed E-state index contributed by atoms with van der Waals surface area (Å²) in [6.07, 6.45) is 0.903. The normalized spacial score (nSPS) is 12.2. The van der Waals surface area contributed by atoms with Gasteiger partial charge in [-0.1, -0.05) is 52.7 Å². The molecule has 112 valence electrons. The number of hydrogen-bond acceptors (Lipinski definition) is 2. The van der Waals surface area contributed by atoms with Gasteiger partial charge in [0.1, 0.15) is 5.75 Å². The van der Waals surface area contributed by atoms with Crippen LogP contribution in [0.2, 0.25) is 0 Å². The van der Waals surface area contributed by atoms with Crippen LogP contribution in [0, 0.1) is 6.92 Å². The third kappa shape index (κ3) is 4.32. The van der Waals surface area contributed by atoms with E-state index in [0.29, 0.717) is 0 Å². The Kier molecular flexibility index (Phi) is 5.83. The van der Waals surface area contributed by atoms with Crippen LogP contribution in [0.5, 0.6) is 5.75 Å². The monoisotopic (exact) mass is 347 g/mol. The van der Waals surface area contributed by atoms with Crippen molar-refractivity contribution in [2.24, 2.45) is 0 Å². The van der Waals surface area contributed by atoms with Gasteiger partial charge in [0.25, 0.3) is 0 Å². The molecule has 2 aromatic carbocycles. The smallest absolute Gasteiger partial charge is 0.122 e. The zero-order valence-electron chi connectivity index (χ0n) is 12.8. The van der Waals surface area contributed by atoms with Crippen molar-refractivity contribution in [2.75, 3.05) is 13.7 Å². The Bertz CT molecular complexity index is 598. The van der Waals surface area contributed by atoms with Crippen molar-refractivity contribution in [3.05, 3.63) is 63.6 Å². The van der Waals surface area contributed by atoms with Crippen LogP contribution in [0.1, 0.15) is 29.7 Å². The number of halogens is 1. The van der Waals surface area contributed by atoms with E-state index in [4.69, 9.17) is 4.74 Å². The first kappa shape index (κ1) is 16.1. The molecule has 0 spiro atoms. The summed E-state index contributed by atoms with van der Waals surface area (Å²) in [5.41, 5.74) is 3.81. The number of likely N-dealkylation sites (N-methyl/N-ethyl adjacent to an activating group) is 1. The van der Waals surface area contributed by atoms with Crippen molar-refractivity contribution in [3.63, 3.8) is 0 Å². The molecule has 0 heterocycles. The predicted octanol–water partition coefficient (Wildman–Crippen LogP) is 4.66. The molecule has 0 saturated heterocycles. The number of rotatable bonds is 6. The fourth-order valence-electron chi connectivity index (χ4n) is 2.57.